The van der Waals surface area contributed by atoms with E-state index >= 15 is 0 Å². The molecule has 0 saturated heterocycles. The number of anilines is 2. The third-order valence-electron chi connectivity index (χ3n) is 4.39. The minimum Gasteiger partial charge on any atom is -0.322 e. The van der Waals surface area contributed by atoms with Gasteiger partial charge in [-0.25, -0.2) is 8.42 Å². The molecule has 0 heterocycles. The molecular formula is C22H20Cl2N2O3S. The molecule has 0 unspecified atom stereocenters. The van der Waals surface area contributed by atoms with Gasteiger partial charge in [-0.1, -0.05) is 35.3 Å². The predicted octanol–water partition coefficient (Wildman–Crippen LogP) is 5.97. The number of carbonyl (C=O) groups excluding carboxylic acids is 1. The molecule has 0 aliphatic rings. The Labute approximate surface area is 186 Å². The van der Waals surface area contributed by atoms with Crippen LogP contribution in [-0.2, 0) is 10.0 Å². The summed E-state index contributed by atoms with van der Waals surface area (Å²) in [5.41, 5.74) is 3.80. The Morgan fingerprint density at radius 1 is 0.800 bits per heavy atom. The van der Waals surface area contributed by atoms with Crippen LogP contribution in [0.1, 0.15) is 27.0 Å². The van der Waals surface area contributed by atoms with Crippen molar-refractivity contribution in [1.29, 1.82) is 0 Å². The summed E-state index contributed by atoms with van der Waals surface area (Å²) >= 11 is 12.2. The van der Waals surface area contributed by atoms with E-state index in [-0.39, 0.29) is 15.5 Å². The summed E-state index contributed by atoms with van der Waals surface area (Å²) in [6.45, 7) is 5.60. The maximum Gasteiger partial charge on any atom is 0.263 e. The zero-order chi connectivity index (χ0) is 22.1. The highest BCUT2D eigenvalue weighted by molar-refractivity contribution is 7.92. The molecule has 0 saturated carbocycles. The summed E-state index contributed by atoms with van der Waals surface area (Å²) in [5.74, 6) is -0.477. The van der Waals surface area contributed by atoms with E-state index in [9.17, 15) is 13.2 Å². The molecule has 3 rings (SSSR count). The van der Waals surface area contributed by atoms with Gasteiger partial charge in [-0.05, 0) is 79.9 Å². The maximum atomic E-state index is 12.9. The summed E-state index contributed by atoms with van der Waals surface area (Å²) in [4.78, 5) is 12.5. The average Bonchev–Trinajstić information content (AvgIpc) is 2.63. The summed E-state index contributed by atoms with van der Waals surface area (Å²) in [7, 11) is -4.00. The van der Waals surface area contributed by atoms with Gasteiger partial charge in [0.1, 0.15) is 4.90 Å². The lowest BCUT2D eigenvalue weighted by Gasteiger charge is -2.13. The van der Waals surface area contributed by atoms with E-state index in [2.05, 4.69) is 10.0 Å². The van der Waals surface area contributed by atoms with Crippen molar-refractivity contribution < 1.29 is 13.2 Å². The van der Waals surface area contributed by atoms with Gasteiger partial charge in [0.25, 0.3) is 15.9 Å². The van der Waals surface area contributed by atoms with Crippen LogP contribution in [0, 0.1) is 20.8 Å². The molecule has 0 aromatic heterocycles. The Kier molecular flexibility index (Phi) is 6.41. The number of rotatable bonds is 5. The quantitative estimate of drug-likeness (QED) is 0.490. The normalized spacial score (nSPS) is 11.2. The van der Waals surface area contributed by atoms with Gasteiger partial charge in [0.05, 0.1) is 5.02 Å². The van der Waals surface area contributed by atoms with E-state index in [4.69, 9.17) is 23.2 Å². The van der Waals surface area contributed by atoms with Crippen molar-refractivity contribution in [3.05, 3.63) is 86.9 Å². The Morgan fingerprint density at radius 3 is 2.10 bits per heavy atom. The van der Waals surface area contributed by atoms with Gasteiger partial charge in [0.2, 0.25) is 0 Å². The van der Waals surface area contributed by atoms with E-state index in [1.54, 1.807) is 30.3 Å². The molecule has 2 N–H and O–H groups in total. The molecule has 0 spiro atoms. The summed E-state index contributed by atoms with van der Waals surface area (Å²) < 4.78 is 28.4. The number of nitrogens with one attached hydrogen (secondary N) is 2. The van der Waals surface area contributed by atoms with Crippen LogP contribution in [0.5, 0.6) is 0 Å². The van der Waals surface area contributed by atoms with Crippen molar-refractivity contribution in [2.75, 3.05) is 10.0 Å². The van der Waals surface area contributed by atoms with Gasteiger partial charge in [-0.3, -0.25) is 9.52 Å². The fourth-order valence-corrected chi connectivity index (χ4v) is 4.72. The van der Waals surface area contributed by atoms with Gasteiger partial charge in [-0.15, -0.1) is 0 Å². The SMILES string of the molecule is Cc1cc(C)cc(NS(=O)(=O)c2cc(C(=O)Nc3ccc(C)c(Cl)c3)ccc2Cl)c1. The first-order valence-electron chi connectivity index (χ1n) is 9.03. The van der Waals surface area contributed by atoms with E-state index in [1.807, 2.05) is 26.8 Å². The van der Waals surface area contributed by atoms with Crippen LogP contribution in [0.15, 0.2) is 59.5 Å². The molecule has 0 fully saturated rings. The second-order valence-electron chi connectivity index (χ2n) is 7.05. The Bertz CT molecular complexity index is 1220. The molecule has 5 nitrogen and oxygen atoms in total. The van der Waals surface area contributed by atoms with Crippen LogP contribution in [-0.4, -0.2) is 14.3 Å². The number of amides is 1. The first-order valence-corrected chi connectivity index (χ1v) is 11.3. The number of hydrogen-bond acceptors (Lipinski definition) is 3. The van der Waals surface area contributed by atoms with Crippen molar-refractivity contribution in [2.45, 2.75) is 25.7 Å². The standard InChI is InChI=1S/C22H20Cl2N2O3S/c1-13-8-14(2)10-18(9-13)26-30(28,29)21-11-16(5-7-19(21)23)22(27)25-17-6-4-15(3)20(24)12-17/h4-12,26H,1-3H3,(H,25,27). The fraction of sp³-hybridized carbons (Fsp3) is 0.136. The average molecular weight is 463 g/mol. The number of sulfonamides is 1. The highest BCUT2D eigenvalue weighted by atomic mass is 35.5. The number of hydrogen-bond donors (Lipinski definition) is 2. The van der Waals surface area contributed by atoms with Crippen molar-refractivity contribution in [3.8, 4) is 0 Å². The van der Waals surface area contributed by atoms with E-state index in [0.29, 0.717) is 16.4 Å². The zero-order valence-corrected chi connectivity index (χ0v) is 18.9. The van der Waals surface area contributed by atoms with E-state index in [1.165, 1.54) is 18.2 Å². The molecular weight excluding hydrogens is 443 g/mol. The summed E-state index contributed by atoms with van der Waals surface area (Å²) in [5, 5.41) is 3.24. The lowest BCUT2D eigenvalue weighted by atomic mass is 10.1. The molecule has 0 atom stereocenters. The van der Waals surface area contributed by atoms with Crippen LogP contribution >= 0.6 is 23.2 Å². The molecule has 3 aromatic rings. The largest absolute Gasteiger partial charge is 0.322 e. The van der Waals surface area contributed by atoms with Crippen molar-refractivity contribution in [2.24, 2.45) is 0 Å². The topological polar surface area (TPSA) is 75.3 Å². The summed E-state index contributed by atoms with van der Waals surface area (Å²) in [6, 6.07) is 14.6. The minimum atomic E-state index is -4.00. The molecule has 156 valence electrons. The Balaban J connectivity index is 1.89. The first kappa shape index (κ1) is 22.2. The third kappa shape index (κ3) is 5.14. The fourth-order valence-electron chi connectivity index (χ4n) is 2.97. The monoisotopic (exact) mass is 462 g/mol. The lowest BCUT2D eigenvalue weighted by molar-refractivity contribution is 0.102. The number of carbonyl (C=O) groups is 1. The van der Waals surface area contributed by atoms with Crippen molar-refractivity contribution in [3.63, 3.8) is 0 Å². The smallest absolute Gasteiger partial charge is 0.263 e. The second-order valence-corrected chi connectivity index (χ2v) is 9.51. The molecule has 30 heavy (non-hydrogen) atoms. The molecule has 1 amide bonds. The van der Waals surface area contributed by atoms with Crippen LogP contribution < -0.4 is 10.0 Å². The van der Waals surface area contributed by atoms with Crippen LogP contribution in [0.4, 0.5) is 11.4 Å². The number of benzene rings is 3. The van der Waals surface area contributed by atoms with Gasteiger partial charge < -0.3 is 5.32 Å². The van der Waals surface area contributed by atoms with E-state index < -0.39 is 15.9 Å². The van der Waals surface area contributed by atoms with Gasteiger partial charge in [0, 0.05) is 22.0 Å². The number of aryl methyl sites for hydroxylation is 3. The molecule has 3 aromatic carbocycles. The first-order chi connectivity index (χ1) is 14.0. The summed E-state index contributed by atoms with van der Waals surface area (Å²) in [6.07, 6.45) is 0. The van der Waals surface area contributed by atoms with Crippen LogP contribution in [0.25, 0.3) is 0 Å². The molecule has 0 bridgehead atoms. The van der Waals surface area contributed by atoms with Crippen molar-refractivity contribution in [1.82, 2.24) is 0 Å². The minimum absolute atomic E-state index is 0.0156. The highest BCUT2D eigenvalue weighted by Crippen LogP contribution is 2.27. The maximum absolute atomic E-state index is 12.9. The Morgan fingerprint density at radius 2 is 1.47 bits per heavy atom. The Hall–Kier alpha value is -2.54. The lowest BCUT2D eigenvalue weighted by Crippen LogP contribution is -2.16. The molecule has 0 aliphatic carbocycles. The van der Waals surface area contributed by atoms with Gasteiger partial charge in [-0.2, -0.15) is 0 Å². The molecule has 8 heteroatoms. The van der Waals surface area contributed by atoms with E-state index in [0.717, 1.165) is 16.7 Å². The highest BCUT2D eigenvalue weighted by Gasteiger charge is 2.21. The second kappa shape index (κ2) is 8.68. The van der Waals surface area contributed by atoms with Gasteiger partial charge in [0.15, 0.2) is 0 Å². The molecule has 0 radical (unpaired) electrons. The third-order valence-corrected chi connectivity index (χ3v) is 6.66. The molecule has 0 aliphatic heterocycles. The van der Waals surface area contributed by atoms with Crippen LogP contribution in [0.2, 0.25) is 10.0 Å². The van der Waals surface area contributed by atoms with Crippen LogP contribution in [0.3, 0.4) is 0 Å². The van der Waals surface area contributed by atoms with Crippen molar-refractivity contribution >= 4 is 50.5 Å². The zero-order valence-electron chi connectivity index (χ0n) is 16.6. The van der Waals surface area contributed by atoms with Gasteiger partial charge >= 0.3 is 0 Å². The predicted molar refractivity (Wildman–Crippen MR) is 122 cm³/mol. The number of halogens is 2.